The van der Waals surface area contributed by atoms with E-state index < -0.39 is 0 Å². The smallest absolute Gasteiger partial charge is 0.171 e. The Balaban J connectivity index is 1.99. The molecule has 4 heteroatoms. The fourth-order valence-electron chi connectivity index (χ4n) is 2.53. The van der Waals surface area contributed by atoms with Crippen molar-refractivity contribution < 1.29 is 4.74 Å². The minimum atomic E-state index is 0.201. The van der Waals surface area contributed by atoms with E-state index in [2.05, 4.69) is 49.6 Å². The van der Waals surface area contributed by atoms with Gasteiger partial charge in [-0.1, -0.05) is 25.1 Å². The molecule has 0 radical (unpaired) electrons. The van der Waals surface area contributed by atoms with Crippen molar-refractivity contribution in [2.75, 3.05) is 11.9 Å². The van der Waals surface area contributed by atoms with Crippen molar-refractivity contribution in [3.63, 3.8) is 0 Å². The van der Waals surface area contributed by atoms with E-state index in [1.807, 2.05) is 31.2 Å². The maximum absolute atomic E-state index is 5.47. The van der Waals surface area contributed by atoms with Gasteiger partial charge >= 0.3 is 0 Å². The van der Waals surface area contributed by atoms with Crippen LogP contribution >= 0.6 is 12.2 Å². The maximum atomic E-state index is 5.47. The molecule has 24 heavy (non-hydrogen) atoms. The summed E-state index contributed by atoms with van der Waals surface area (Å²) in [7, 11) is 0. The molecule has 0 aliphatic carbocycles. The molecule has 0 bridgehead atoms. The van der Waals surface area contributed by atoms with Gasteiger partial charge in [0.15, 0.2) is 5.11 Å². The monoisotopic (exact) mass is 342 g/mol. The lowest BCUT2D eigenvalue weighted by molar-refractivity contribution is 0.340. The van der Waals surface area contributed by atoms with Gasteiger partial charge in [-0.3, -0.25) is 0 Å². The Hall–Kier alpha value is -2.07. The van der Waals surface area contributed by atoms with Gasteiger partial charge in [0.2, 0.25) is 0 Å². The zero-order valence-electron chi connectivity index (χ0n) is 14.8. The molecule has 0 saturated carbocycles. The van der Waals surface area contributed by atoms with Crippen LogP contribution in [0.1, 0.15) is 43.0 Å². The van der Waals surface area contributed by atoms with Crippen LogP contribution in [0.2, 0.25) is 0 Å². The number of benzene rings is 2. The third-order valence-electron chi connectivity index (χ3n) is 4.07. The van der Waals surface area contributed by atoms with Crippen molar-refractivity contribution in [2.24, 2.45) is 0 Å². The molecule has 0 fully saturated rings. The summed E-state index contributed by atoms with van der Waals surface area (Å²) < 4.78 is 5.45. The molecular weight excluding hydrogens is 316 g/mol. The van der Waals surface area contributed by atoms with Gasteiger partial charge in [-0.2, -0.15) is 0 Å². The van der Waals surface area contributed by atoms with Crippen LogP contribution in [0.5, 0.6) is 5.75 Å². The van der Waals surface area contributed by atoms with Crippen molar-refractivity contribution in [3.05, 3.63) is 59.2 Å². The van der Waals surface area contributed by atoms with Crippen molar-refractivity contribution in [2.45, 2.75) is 40.2 Å². The van der Waals surface area contributed by atoms with Crippen LogP contribution in [-0.2, 0) is 0 Å². The Bertz CT molecular complexity index is 683. The van der Waals surface area contributed by atoms with Crippen LogP contribution in [0.3, 0.4) is 0 Å². The second-order valence-electron chi connectivity index (χ2n) is 5.86. The molecule has 3 nitrogen and oxygen atoms in total. The summed E-state index contributed by atoms with van der Waals surface area (Å²) in [6, 6.07) is 14.6. The van der Waals surface area contributed by atoms with Crippen LogP contribution < -0.4 is 15.4 Å². The van der Waals surface area contributed by atoms with Crippen LogP contribution in [0.15, 0.2) is 42.5 Å². The Morgan fingerprint density at radius 2 is 1.75 bits per heavy atom. The third kappa shape index (κ3) is 4.96. The molecule has 0 saturated heterocycles. The Morgan fingerprint density at radius 1 is 1.04 bits per heavy atom. The van der Waals surface area contributed by atoms with Gasteiger partial charge in [0.05, 0.1) is 12.6 Å². The Morgan fingerprint density at radius 3 is 2.33 bits per heavy atom. The van der Waals surface area contributed by atoms with Crippen LogP contribution in [0.25, 0.3) is 0 Å². The zero-order valence-corrected chi connectivity index (χ0v) is 15.7. The summed E-state index contributed by atoms with van der Waals surface area (Å²) in [5, 5.41) is 7.27. The highest BCUT2D eigenvalue weighted by molar-refractivity contribution is 7.80. The standard InChI is InChI=1S/C20H26N2OS/c1-5-19(16-8-7-14(3)15(4)13-16)22-20(24)21-17-9-11-18(12-10-17)23-6-2/h7-13,19H,5-6H2,1-4H3,(H2,21,22,24)/t19-/m1/s1. The summed E-state index contributed by atoms with van der Waals surface area (Å²) in [5.74, 6) is 0.864. The lowest BCUT2D eigenvalue weighted by atomic mass is 9.99. The third-order valence-corrected chi connectivity index (χ3v) is 4.29. The Kier molecular flexibility index (Phi) is 6.62. The van der Waals surface area contributed by atoms with E-state index in [4.69, 9.17) is 17.0 Å². The van der Waals surface area contributed by atoms with Crippen LogP contribution in [-0.4, -0.2) is 11.7 Å². The summed E-state index contributed by atoms with van der Waals surface area (Å²) in [6.07, 6.45) is 0.966. The first-order valence-corrected chi connectivity index (χ1v) is 8.81. The van der Waals surface area contributed by atoms with Gasteiger partial charge in [0.25, 0.3) is 0 Å². The second kappa shape index (κ2) is 8.69. The van der Waals surface area contributed by atoms with Crippen molar-refractivity contribution >= 4 is 23.0 Å². The average Bonchev–Trinajstić information content (AvgIpc) is 2.57. The highest BCUT2D eigenvalue weighted by atomic mass is 32.1. The topological polar surface area (TPSA) is 33.3 Å². The van der Waals surface area contributed by atoms with Gasteiger partial charge in [0, 0.05) is 5.69 Å². The first kappa shape index (κ1) is 18.3. The summed E-state index contributed by atoms with van der Waals surface area (Å²) in [4.78, 5) is 0. The van der Waals surface area contributed by atoms with Crippen molar-refractivity contribution in [1.29, 1.82) is 0 Å². The first-order valence-electron chi connectivity index (χ1n) is 8.41. The largest absolute Gasteiger partial charge is 0.494 e. The van der Waals surface area contributed by atoms with Gasteiger partial charge in [-0.15, -0.1) is 0 Å². The number of hydrogen-bond acceptors (Lipinski definition) is 2. The molecule has 0 aliphatic heterocycles. The molecule has 0 aromatic heterocycles. The van der Waals surface area contributed by atoms with Gasteiger partial charge in [-0.25, -0.2) is 0 Å². The lowest BCUT2D eigenvalue weighted by Gasteiger charge is -2.21. The molecule has 0 heterocycles. The normalized spacial score (nSPS) is 11.7. The maximum Gasteiger partial charge on any atom is 0.171 e. The fourth-order valence-corrected chi connectivity index (χ4v) is 2.79. The molecule has 2 rings (SSSR count). The molecule has 1 atom stereocenters. The first-order chi connectivity index (χ1) is 11.5. The molecule has 0 unspecified atom stereocenters. The van der Waals surface area contributed by atoms with E-state index in [0.29, 0.717) is 11.7 Å². The van der Waals surface area contributed by atoms with Gasteiger partial charge in [0.1, 0.15) is 5.75 Å². The van der Waals surface area contributed by atoms with Gasteiger partial charge < -0.3 is 15.4 Å². The molecule has 0 aliphatic rings. The average molecular weight is 343 g/mol. The van der Waals surface area contributed by atoms with Crippen LogP contribution in [0, 0.1) is 13.8 Å². The second-order valence-corrected chi connectivity index (χ2v) is 6.27. The fraction of sp³-hybridized carbons (Fsp3) is 0.350. The minimum absolute atomic E-state index is 0.201. The SMILES string of the molecule is CCOc1ccc(NC(=S)N[C@H](CC)c2ccc(C)c(C)c2)cc1. The predicted octanol–water partition coefficient (Wildman–Crippen LogP) is 5.14. The van der Waals surface area contributed by atoms with E-state index in [9.17, 15) is 0 Å². The number of hydrogen-bond donors (Lipinski definition) is 2. The predicted molar refractivity (Wildman–Crippen MR) is 106 cm³/mol. The number of nitrogens with one attached hydrogen (secondary N) is 2. The van der Waals surface area contributed by atoms with Crippen molar-refractivity contribution in [1.82, 2.24) is 5.32 Å². The van der Waals surface area contributed by atoms with E-state index in [1.165, 1.54) is 16.7 Å². The molecule has 2 N–H and O–H groups in total. The molecule has 0 spiro atoms. The van der Waals surface area contributed by atoms with E-state index in [0.717, 1.165) is 17.9 Å². The van der Waals surface area contributed by atoms with E-state index >= 15 is 0 Å². The minimum Gasteiger partial charge on any atom is -0.494 e. The van der Waals surface area contributed by atoms with Crippen molar-refractivity contribution in [3.8, 4) is 5.75 Å². The zero-order chi connectivity index (χ0) is 17.5. The molecule has 2 aromatic carbocycles. The van der Waals surface area contributed by atoms with E-state index in [-0.39, 0.29) is 6.04 Å². The number of rotatable bonds is 6. The highest BCUT2D eigenvalue weighted by Gasteiger charge is 2.11. The number of anilines is 1. The summed E-state index contributed by atoms with van der Waals surface area (Å²) >= 11 is 5.47. The van der Waals surface area contributed by atoms with Crippen LogP contribution in [0.4, 0.5) is 5.69 Å². The highest BCUT2D eigenvalue weighted by Crippen LogP contribution is 2.20. The van der Waals surface area contributed by atoms with Gasteiger partial charge in [-0.05, 0) is 80.4 Å². The molecule has 0 amide bonds. The Labute approximate surface area is 150 Å². The van der Waals surface area contributed by atoms with E-state index in [1.54, 1.807) is 0 Å². The number of ether oxygens (including phenoxy) is 1. The molecular formula is C20H26N2OS. The summed E-state index contributed by atoms with van der Waals surface area (Å²) in [6.45, 7) is 9.07. The molecule has 128 valence electrons. The lowest BCUT2D eigenvalue weighted by Crippen LogP contribution is -2.32. The quantitative estimate of drug-likeness (QED) is 0.712. The summed E-state index contributed by atoms with van der Waals surface area (Å²) in [5.41, 5.74) is 4.82. The number of thiocarbonyl (C=S) groups is 1. The number of aryl methyl sites for hydroxylation is 2. The molecule has 2 aromatic rings.